The van der Waals surface area contributed by atoms with E-state index in [2.05, 4.69) is 20.7 Å². The number of carbonyl (C=O) groups excluding carboxylic acids is 4. The van der Waals surface area contributed by atoms with Crippen molar-refractivity contribution < 1.29 is 28.3 Å². The van der Waals surface area contributed by atoms with Crippen molar-refractivity contribution in [2.75, 3.05) is 23.5 Å². The highest BCUT2D eigenvalue weighted by molar-refractivity contribution is 8.00. The van der Waals surface area contributed by atoms with Crippen LogP contribution < -0.4 is 16.0 Å². The van der Waals surface area contributed by atoms with Gasteiger partial charge in [-0.2, -0.15) is 0 Å². The number of benzene rings is 4. The van der Waals surface area contributed by atoms with E-state index in [1.807, 2.05) is 37.3 Å². The summed E-state index contributed by atoms with van der Waals surface area (Å²) in [7, 11) is 1.31. The van der Waals surface area contributed by atoms with Crippen LogP contribution in [-0.2, 0) is 14.3 Å². The van der Waals surface area contributed by atoms with E-state index in [-0.39, 0.29) is 17.4 Å². The molecule has 0 aliphatic carbocycles. The van der Waals surface area contributed by atoms with Crippen molar-refractivity contribution in [1.29, 1.82) is 0 Å². The third-order valence-corrected chi connectivity index (χ3v) is 7.86. The van der Waals surface area contributed by atoms with Crippen LogP contribution in [0.25, 0.3) is 17.4 Å². The number of furan rings is 1. The lowest BCUT2D eigenvalue weighted by Crippen LogP contribution is -2.30. The molecule has 0 unspecified atom stereocenters. The lowest BCUT2D eigenvalue weighted by atomic mass is 10.1. The molecule has 5 aromatic rings. The van der Waals surface area contributed by atoms with Gasteiger partial charge < -0.3 is 25.1 Å². The van der Waals surface area contributed by atoms with Crippen molar-refractivity contribution in [2.45, 2.75) is 11.8 Å². The first-order valence-corrected chi connectivity index (χ1v) is 15.5. The number of carbonyl (C=O) groups is 4. The first kappa shape index (κ1) is 32.5. The monoisotopic (exact) mass is 645 g/mol. The first-order chi connectivity index (χ1) is 22.8. The molecule has 10 heteroatoms. The molecule has 0 aliphatic rings. The first-order valence-electron chi connectivity index (χ1n) is 14.5. The number of hydrogen-bond acceptors (Lipinski definition) is 7. The van der Waals surface area contributed by atoms with Gasteiger partial charge in [0.1, 0.15) is 17.2 Å². The second kappa shape index (κ2) is 15.4. The van der Waals surface area contributed by atoms with Crippen molar-refractivity contribution in [3.8, 4) is 11.3 Å². The molecule has 0 saturated carbocycles. The van der Waals surface area contributed by atoms with Crippen molar-refractivity contribution in [3.05, 3.63) is 143 Å². The Morgan fingerprint density at radius 1 is 0.745 bits per heavy atom. The highest BCUT2D eigenvalue weighted by Gasteiger charge is 2.17. The smallest absolute Gasteiger partial charge is 0.337 e. The molecule has 0 fully saturated rings. The van der Waals surface area contributed by atoms with Gasteiger partial charge in [-0.1, -0.05) is 48.0 Å². The summed E-state index contributed by atoms with van der Waals surface area (Å²) < 4.78 is 10.7. The second-order valence-corrected chi connectivity index (χ2v) is 11.4. The van der Waals surface area contributed by atoms with Crippen molar-refractivity contribution in [3.63, 3.8) is 0 Å². The van der Waals surface area contributed by atoms with Crippen LogP contribution in [0.3, 0.4) is 0 Å². The van der Waals surface area contributed by atoms with Crippen molar-refractivity contribution in [1.82, 2.24) is 5.32 Å². The Balaban J connectivity index is 1.23. The second-order valence-electron chi connectivity index (χ2n) is 10.3. The van der Waals surface area contributed by atoms with Crippen LogP contribution in [0.4, 0.5) is 11.4 Å². The summed E-state index contributed by atoms with van der Waals surface area (Å²) >= 11 is 1.32. The molecule has 236 valence electrons. The summed E-state index contributed by atoms with van der Waals surface area (Å²) in [5.41, 5.74) is 3.86. The molecule has 0 saturated heterocycles. The predicted octanol–water partition coefficient (Wildman–Crippen LogP) is 7.18. The van der Waals surface area contributed by atoms with E-state index in [0.717, 1.165) is 16.0 Å². The SMILES string of the molecule is COC(=O)c1ccc(NC(=O)CSc2ccc(NC(=O)C(=Cc3ccc(-c4ccc(C)cc4)o3)NC(=O)c3ccccc3)cc2)cc1. The normalized spacial score (nSPS) is 11.0. The third-order valence-electron chi connectivity index (χ3n) is 6.85. The Hall–Kier alpha value is -5.87. The number of anilines is 2. The standard InChI is InChI=1S/C37H31N3O6S/c1-24-8-10-25(11-9-24)33-21-18-30(46-33)22-32(40-35(42)26-6-4-3-5-7-26)36(43)39-29-16-19-31(20-17-29)47-23-34(41)38-28-14-12-27(13-15-28)37(44)45-2/h3-22H,23H2,1-2H3,(H,38,41)(H,39,43)(H,40,42). The number of thioether (sulfide) groups is 1. The number of esters is 1. The summed E-state index contributed by atoms with van der Waals surface area (Å²) in [6.45, 7) is 2.00. The average Bonchev–Trinajstić information content (AvgIpc) is 3.57. The van der Waals surface area contributed by atoms with Gasteiger partial charge in [0.25, 0.3) is 11.8 Å². The van der Waals surface area contributed by atoms with Crippen LogP contribution in [0.5, 0.6) is 0 Å². The zero-order valence-corrected chi connectivity index (χ0v) is 26.4. The Morgan fingerprint density at radius 3 is 2.09 bits per heavy atom. The van der Waals surface area contributed by atoms with Crippen LogP contribution in [0.2, 0.25) is 0 Å². The number of ether oxygens (including phenoxy) is 1. The van der Waals surface area contributed by atoms with Gasteiger partial charge in [0.15, 0.2) is 0 Å². The zero-order chi connectivity index (χ0) is 33.2. The van der Waals surface area contributed by atoms with Gasteiger partial charge >= 0.3 is 5.97 Å². The lowest BCUT2D eigenvalue weighted by Gasteiger charge is -2.11. The predicted molar refractivity (Wildman–Crippen MR) is 183 cm³/mol. The highest BCUT2D eigenvalue weighted by atomic mass is 32.2. The molecule has 0 bridgehead atoms. The number of nitrogens with one attached hydrogen (secondary N) is 3. The molecule has 3 N–H and O–H groups in total. The van der Waals surface area contributed by atoms with E-state index in [0.29, 0.717) is 34.0 Å². The minimum absolute atomic E-state index is 0.00148. The molecular formula is C37H31N3O6S. The Labute approximate surface area is 276 Å². The van der Waals surface area contributed by atoms with Gasteiger partial charge in [-0.3, -0.25) is 14.4 Å². The number of aryl methyl sites for hydroxylation is 1. The minimum Gasteiger partial charge on any atom is -0.465 e. The van der Waals surface area contributed by atoms with E-state index < -0.39 is 17.8 Å². The topological polar surface area (TPSA) is 127 Å². The van der Waals surface area contributed by atoms with Crippen LogP contribution in [0.15, 0.2) is 130 Å². The molecule has 5 rings (SSSR count). The van der Waals surface area contributed by atoms with Gasteiger partial charge in [-0.05, 0) is 79.7 Å². The maximum Gasteiger partial charge on any atom is 0.337 e. The van der Waals surface area contributed by atoms with Crippen LogP contribution in [0, 0.1) is 6.92 Å². The third kappa shape index (κ3) is 9.09. The quantitative estimate of drug-likeness (QED) is 0.0789. The summed E-state index contributed by atoms with van der Waals surface area (Å²) in [6, 6.07) is 33.4. The summed E-state index contributed by atoms with van der Waals surface area (Å²) in [5, 5.41) is 8.32. The number of rotatable bonds is 11. The summed E-state index contributed by atoms with van der Waals surface area (Å²) in [4.78, 5) is 51.3. The van der Waals surface area contributed by atoms with E-state index in [1.54, 1.807) is 84.9 Å². The number of methoxy groups -OCH3 is 1. The molecule has 0 radical (unpaired) electrons. The lowest BCUT2D eigenvalue weighted by molar-refractivity contribution is -0.114. The number of hydrogen-bond donors (Lipinski definition) is 3. The summed E-state index contributed by atoms with van der Waals surface area (Å²) in [6.07, 6.45) is 1.49. The maximum absolute atomic E-state index is 13.4. The molecule has 1 aromatic heterocycles. The molecular weight excluding hydrogens is 614 g/mol. The van der Waals surface area contributed by atoms with Gasteiger partial charge in [0.2, 0.25) is 5.91 Å². The van der Waals surface area contributed by atoms with E-state index in [4.69, 9.17) is 4.42 Å². The fourth-order valence-electron chi connectivity index (χ4n) is 4.37. The Bertz CT molecular complexity index is 1900. The van der Waals surface area contributed by atoms with Gasteiger partial charge in [0.05, 0.1) is 18.4 Å². The highest BCUT2D eigenvalue weighted by Crippen LogP contribution is 2.25. The van der Waals surface area contributed by atoms with Gasteiger partial charge in [-0.15, -0.1) is 11.8 Å². The van der Waals surface area contributed by atoms with Gasteiger partial charge in [-0.25, -0.2) is 4.79 Å². The molecule has 0 aliphatic heterocycles. The average molecular weight is 646 g/mol. The van der Waals surface area contributed by atoms with Crippen molar-refractivity contribution in [2.24, 2.45) is 0 Å². The van der Waals surface area contributed by atoms with E-state index in [9.17, 15) is 19.2 Å². The maximum atomic E-state index is 13.4. The Kier molecular flexibility index (Phi) is 10.7. The molecule has 0 atom stereocenters. The zero-order valence-electron chi connectivity index (χ0n) is 25.6. The molecule has 4 aromatic carbocycles. The van der Waals surface area contributed by atoms with E-state index >= 15 is 0 Å². The van der Waals surface area contributed by atoms with Gasteiger partial charge in [0, 0.05) is 33.5 Å². The van der Waals surface area contributed by atoms with Crippen LogP contribution in [-0.4, -0.2) is 36.6 Å². The molecule has 9 nitrogen and oxygen atoms in total. The molecule has 0 spiro atoms. The van der Waals surface area contributed by atoms with E-state index in [1.165, 1.54) is 24.9 Å². The van der Waals surface area contributed by atoms with Crippen molar-refractivity contribution >= 4 is 52.9 Å². The Morgan fingerprint density at radius 2 is 1.40 bits per heavy atom. The fraction of sp³-hybridized carbons (Fsp3) is 0.0811. The summed E-state index contributed by atoms with van der Waals surface area (Å²) in [5.74, 6) is -0.483. The molecule has 47 heavy (non-hydrogen) atoms. The molecule has 1 heterocycles. The van der Waals surface area contributed by atoms with Crippen LogP contribution in [0.1, 0.15) is 32.0 Å². The fourth-order valence-corrected chi connectivity index (χ4v) is 5.07. The largest absolute Gasteiger partial charge is 0.465 e. The molecule has 3 amide bonds. The minimum atomic E-state index is -0.541. The van der Waals surface area contributed by atoms with Crippen LogP contribution >= 0.6 is 11.8 Å². The number of amides is 3.